The molecular formula is C14H14FNO2S. The van der Waals surface area contributed by atoms with Gasteiger partial charge in [-0.3, -0.25) is 0 Å². The van der Waals surface area contributed by atoms with E-state index in [-0.39, 0.29) is 5.82 Å². The molecule has 0 fully saturated rings. The first kappa shape index (κ1) is 13.5. The van der Waals surface area contributed by atoms with Crippen LogP contribution in [0.3, 0.4) is 0 Å². The zero-order valence-electron chi connectivity index (χ0n) is 10.7. The van der Waals surface area contributed by atoms with E-state index in [1.807, 2.05) is 13.8 Å². The van der Waals surface area contributed by atoms with Gasteiger partial charge >= 0.3 is 5.97 Å². The number of benzene rings is 1. The Balaban J connectivity index is 2.12. The second kappa shape index (κ2) is 5.40. The summed E-state index contributed by atoms with van der Waals surface area (Å²) in [5.74, 6) is -1.17. The van der Waals surface area contributed by atoms with Gasteiger partial charge in [0, 0.05) is 17.1 Å². The van der Waals surface area contributed by atoms with Gasteiger partial charge in [0.25, 0.3) is 0 Å². The number of rotatable bonds is 4. The Morgan fingerprint density at radius 1 is 1.32 bits per heavy atom. The van der Waals surface area contributed by atoms with E-state index in [1.54, 1.807) is 12.1 Å². The summed E-state index contributed by atoms with van der Waals surface area (Å²) in [4.78, 5) is 12.2. The number of carboxylic acids is 1. The highest BCUT2D eigenvalue weighted by Crippen LogP contribution is 2.24. The molecule has 0 aliphatic heterocycles. The van der Waals surface area contributed by atoms with Crippen molar-refractivity contribution in [1.29, 1.82) is 0 Å². The normalized spacial score (nSPS) is 10.5. The smallest absolute Gasteiger partial charge is 0.345 e. The van der Waals surface area contributed by atoms with Gasteiger partial charge in [0.15, 0.2) is 0 Å². The maximum absolute atomic E-state index is 13.0. The van der Waals surface area contributed by atoms with Crippen LogP contribution < -0.4 is 5.32 Å². The molecular weight excluding hydrogens is 265 g/mol. The maximum atomic E-state index is 13.0. The minimum Gasteiger partial charge on any atom is -0.477 e. The fourth-order valence-corrected chi connectivity index (χ4v) is 2.75. The van der Waals surface area contributed by atoms with Gasteiger partial charge in [-0.15, -0.1) is 11.3 Å². The van der Waals surface area contributed by atoms with E-state index in [1.165, 1.54) is 23.5 Å². The van der Waals surface area contributed by atoms with Gasteiger partial charge in [-0.2, -0.15) is 0 Å². The molecule has 1 heterocycles. The Labute approximate surface area is 114 Å². The number of aryl methyl sites for hydroxylation is 2. The lowest BCUT2D eigenvalue weighted by Gasteiger charge is -2.09. The molecule has 100 valence electrons. The van der Waals surface area contributed by atoms with Crippen LogP contribution in [0.1, 0.15) is 25.7 Å². The van der Waals surface area contributed by atoms with Crippen molar-refractivity contribution in [3.05, 3.63) is 51.0 Å². The zero-order valence-corrected chi connectivity index (χ0v) is 11.5. The molecule has 0 aliphatic rings. The zero-order chi connectivity index (χ0) is 14.0. The fraction of sp³-hybridized carbons (Fsp3) is 0.214. The van der Waals surface area contributed by atoms with Gasteiger partial charge in [0.05, 0.1) is 0 Å². The molecule has 0 saturated heterocycles. The standard InChI is InChI=1S/C14H14FNO2S/c1-8-5-10(15)3-4-11(8)16-7-13-9(2)6-12(19-13)14(17)18/h3-6,16H,7H2,1-2H3,(H,17,18). The van der Waals surface area contributed by atoms with Crippen LogP contribution in [0.4, 0.5) is 10.1 Å². The Bertz CT molecular complexity index is 622. The number of aromatic carboxylic acids is 1. The van der Waals surface area contributed by atoms with Crippen LogP contribution in [0.25, 0.3) is 0 Å². The number of halogens is 1. The van der Waals surface area contributed by atoms with Crippen LogP contribution in [0, 0.1) is 19.7 Å². The van der Waals surface area contributed by atoms with Gasteiger partial charge in [-0.1, -0.05) is 0 Å². The second-order valence-corrected chi connectivity index (χ2v) is 5.47. The lowest BCUT2D eigenvalue weighted by Crippen LogP contribution is -2.00. The predicted octanol–water partition coefficient (Wildman–Crippen LogP) is 3.81. The van der Waals surface area contributed by atoms with Crippen molar-refractivity contribution in [3.63, 3.8) is 0 Å². The van der Waals surface area contributed by atoms with Gasteiger partial charge in [-0.25, -0.2) is 9.18 Å². The average Bonchev–Trinajstić information content (AvgIpc) is 2.70. The summed E-state index contributed by atoms with van der Waals surface area (Å²) in [7, 11) is 0. The van der Waals surface area contributed by atoms with E-state index >= 15 is 0 Å². The van der Waals surface area contributed by atoms with Crippen molar-refractivity contribution in [2.75, 3.05) is 5.32 Å². The molecule has 0 atom stereocenters. The molecule has 0 bridgehead atoms. The van der Waals surface area contributed by atoms with Crippen LogP contribution in [0.15, 0.2) is 24.3 Å². The number of thiophene rings is 1. The largest absolute Gasteiger partial charge is 0.477 e. The lowest BCUT2D eigenvalue weighted by molar-refractivity contribution is 0.0702. The molecule has 19 heavy (non-hydrogen) atoms. The maximum Gasteiger partial charge on any atom is 0.345 e. The Hall–Kier alpha value is -1.88. The first-order valence-electron chi connectivity index (χ1n) is 5.80. The third-order valence-corrected chi connectivity index (χ3v) is 4.08. The summed E-state index contributed by atoms with van der Waals surface area (Å²) in [6.07, 6.45) is 0. The van der Waals surface area contributed by atoms with Crippen molar-refractivity contribution in [1.82, 2.24) is 0 Å². The highest BCUT2D eigenvalue weighted by Gasteiger charge is 2.11. The number of carbonyl (C=O) groups is 1. The summed E-state index contributed by atoms with van der Waals surface area (Å²) in [5.41, 5.74) is 2.63. The van der Waals surface area contributed by atoms with Gasteiger partial charge in [0.2, 0.25) is 0 Å². The molecule has 0 amide bonds. The third-order valence-electron chi connectivity index (χ3n) is 2.86. The van der Waals surface area contributed by atoms with E-state index in [0.29, 0.717) is 11.4 Å². The minimum absolute atomic E-state index is 0.261. The molecule has 0 saturated carbocycles. The molecule has 1 aromatic carbocycles. The number of nitrogens with one attached hydrogen (secondary N) is 1. The van der Waals surface area contributed by atoms with E-state index in [4.69, 9.17) is 5.11 Å². The van der Waals surface area contributed by atoms with Gasteiger partial charge < -0.3 is 10.4 Å². The van der Waals surface area contributed by atoms with Gasteiger partial charge in [-0.05, 0) is 49.2 Å². The van der Waals surface area contributed by atoms with E-state index in [0.717, 1.165) is 21.7 Å². The SMILES string of the molecule is Cc1cc(F)ccc1NCc1sc(C(=O)O)cc1C. The van der Waals surface area contributed by atoms with Crippen LogP contribution in [-0.4, -0.2) is 11.1 Å². The molecule has 3 nitrogen and oxygen atoms in total. The summed E-state index contributed by atoms with van der Waals surface area (Å²) < 4.78 is 13.0. The molecule has 2 aromatic rings. The van der Waals surface area contributed by atoms with E-state index in [9.17, 15) is 9.18 Å². The van der Waals surface area contributed by atoms with Crippen molar-refractivity contribution in [2.45, 2.75) is 20.4 Å². The molecule has 0 unspecified atom stereocenters. The molecule has 0 aliphatic carbocycles. The van der Waals surface area contributed by atoms with Crippen molar-refractivity contribution < 1.29 is 14.3 Å². The van der Waals surface area contributed by atoms with Crippen molar-refractivity contribution in [2.24, 2.45) is 0 Å². The first-order valence-corrected chi connectivity index (χ1v) is 6.61. The molecule has 2 rings (SSSR count). The number of carboxylic acid groups (broad SMARTS) is 1. The monoisotopic (exact) mass is 279 g/mol. The van der Waals surface area contributed by atoms with Gasteiger partial charge in [0.1, 0.15) is 10.7 Å². The van der Waals surface area contributed by atoms with Crippen molar-refractivity contribution >= 4 is 23.0 Å². The highest BCUT2D eigenvalue weighted by atomic mass is 32.1. The second-order valence-electron chi connectivity index (χ2n) is 4.33. The number of anilines is 1. The summed E-state index contributed by atoms with van der Waals surface area (Å²) in [5, 5.41) is 12.1. The predicted molar refractivity (Wildman–Crippen MR) is 74.5 cm³/mol. The summed E-state index contributed by atoms with van der Waals surface area (Å²) in [6.45, 7) is 4.25. The molecule has 0 spiro atoms. The average molecular weight is 279 g/mol. The van der Waals surface area contributed by atoms with E-state index < -0.39 is 5.97 Å². The number of hydrogen-bond donors (Lipinski definition) is 2. The third kappa shape index (κ3) is 3.12. The molecule has 1 aromatic heterocycles. The lowest BCUT2D eigenvalue weighted by atomic mass is 10.2. The fourth-order valence-electron chi connectivity index (χ4n) is 1.80. The van der Waals surface area contributed by atoms with Crippen molar-refractivity contribution in [3.8, 4) is 0 Å². The van der Waals surface area contributed by atoms with E-state index in [2.05, 4.69) is 5.32 Å². The topological polar surface area (TPSA) is 49.3 Å². The Kier molecular flexibility index (Phi) is 3.85. The van der Waals surface area contributed by atoms with Crippen LogP contribution >= 0.6 is 11.3 Å². The minimum atomic E-state index is -0.905. The summed E-state index contributed by atoms with van der Waals surface area (Å²) >= 11 is 1.26. The van der Waals surface area contributed by atoms with Crippen LogP contribution in [-0.2, 0) is 6.54 Å². The number of hydrogen-bond acceptors (Lipinski definition) is 3. The molecule has 5 heteroatoms. The summed E-state index contributed by atoms with van der Waals surface area (Å²) in [6, 6.07) is 6.22. The Morgan fingerprint density at radius 2 is 2.05 bits per heavy atom. The quantitative estimate of drug-likeness (QED) is 0.894. The van der Waals surface area contributed by atoms with Crippen LogP contribution in [0.2, 0.25) is 0 Å². The molecule has 2 N–H and O–H groups in total. The Morgan fingerprint density at radius 3 is 2.63 bits per heavy atom. The van der Waals surface area contributed by atoms with Crippen LogP contribution in [0.5, 0.6) is 0 Å². The molecule has 0 radical (unpaired) electrons. The first-order chi connectivity index (χ1) is 8.97. The highest BCUT2D eigenvalue weighted by molar-refractivity contribution is 7.14.